The molecular weight excluding hydrogens is 332 g/mol. The molecule has 1 aliphatic heterocycles. The molecule has 6 nitrogen and oxygen atoms in total. The molecule has 2 N–H and O–H groups in total. The van der Waals surface area contributed by atoms with Crippen molar-refractivity contribution >= 4 is 5.91 Å². The maximum absolute atomic E-state index is 12.6. The highest BCUT2D eigenvalue weighted by Crippen LogP contribution is 2.24. The third-order valence-corrected chi connectivity index (χ3v) is 4.23. The van der Waals surface area contributed by atoms with Crippen LogP contribution in [0.1, 0.15) is 21.7 Å². The van der Waals surface area contributed by atoms with Crippen LogP contribution >= 0.6 is 0 Å². The third kappa shape index (κ3) is 4.14. The lowest BCUT2D eigenvalue weighted by molar-refractivity contribution is -0.0499. The van der Waals surface area contributed by atoms with Crippen LogP contribution in [0.25, 0.3) is 0 Å². The van der Waals surface area contributed by atoms with E-state index in [1.165, 1.54) is 29.2 Å². The minimum Gasteiger partial charge on any atom is -0.435 e. The highest BCUT2D eigenvalue weighted by atomic mass is 19.3. The summed E-state index contributed by atoms with van der Waals surface area (Å²) in [6.07, 6.45) is -0.0921. The minimum absolute atomic E-state index is 0.0656. The van der Waals surface area contributed by atoms with Gasteiger partial charge in [-0.15, -0.1) is 0 Å². The number of nitrogens with zero attached hydrogens (tertiary/aromatic N) is 2. The molecule has 0 unspecified atom stereocenters. The number of carbonyl (C=O) groups is 1. The van der Waals surface area contributed by atoms with Gasteiger partial charge in [0.2, 0.25) is 0 Å². The van der Waals surface area contributed by atoms with Crippen molar-refractivity contribution in [2.75, 3.05) is 13.1 Å². The minimum atomic E-state index is -2.94. The van der Waals surface area contributed by atoms with Gasteiger partial charge in [0.05, 0.1) is 11.8 Å². The van der Waals surface area contributed by atoms with E-state index in [9.17, 15) is 18.7 Å². The zero-order valence-corrected chi connectivity index (χ0v) is 13.7. The topological polar surface area (TPSA) is 78.5 Å². The molecule has 1 saturated heterocycles. The number of H-pyrrole nitrogens is 1. The van der Waals surface area contributed by atoms with Crippen LogP contribution in [0.5, 0.6) is 5.75 Å². The molecule has 1 aromatic heterocycles. The number of ether oxygens (including phenoxy) is 1. The van der Waals surface area contributed by atoms with Gasteiger partial charge in [-0.3, -0.25) is 9.89 Å². The summed E-state index contributed by atoms with van der Waals surface area (Å²) in [5.41, 5.74) is 2.02. The van der Waals surface area contributed by atoms with E-state index in [4.69, 9.17) is 0 Å². The molecule has 0 spiro atoms. The van der Waals surface area contributed by atoms with Crippen LogP contribution in [0.2, 0.25) is 0 Å². The Labute approximate surface area is 143 Å². The maximum atomic E-state index is 12.6. The third-order valence-electron chi connectivity index (χ3n) is 4.23. The molecule has 2 atom stereocenters. The van der Waals surface area contributed by atoms with Crippen molar-refractivity contribution in [1.82, 2.24) is 15.1 Å². The molecule has 0 bridgehead atoms. The number of β-amino-alcohol motifs (C(OH)–C–C–N with tert-alkyl or cyclic N) is 1. The molecule has 2 heterocycles. The van der Waals surface area contributed by atoms with Crippen molar-refractivity contribution in [2.45, 2.75) is 26.1 Å². The first-order valence-electron chi connectivity index (χ1n) is 7.95. The van der Waals surface area contributed by atoms with E-state index in [1.807, 2.05) is 13.0 Å². The summed E-state index contributed by atoms with van der Waals surface area (Å²) in [7, 11) is 0. The molecule has 3 rings (SSSR count). The van der Waals surface area contributed by atoms with Crippen LogP contribution in [0, 0.1) is 12.8 Å². The Balaban J connectivity index is 1.67. The molecule has 0 radical (unpaired) electrons. The standard InChI is InChI=1S/C17H19F2N3O3/c1-10-5-13(21-20-10)6-12-8-22(9-15(12)23)16(24)11-3-2-4-14(7-11)25-17(18)19/h2-5,7,12,15,17,23H,6,8-9H2,1H3,(H,20,21)/t12-,15-/m1/s1. The van der Waals surface area contributed by atoms with Crippen molar-refractivity contribution < 1.29 is 23.4 Å². The highest BCUT2D eigenvalue weighted by molar-refractivity contribution is 5.94. The fraction of sp³-hybridized carbons (Fsp3) is 0.412. The van der Waals surface area contributed by atoms with Crippen molar-refractivity contribution in [1.29, 1.82) is 0 Å². The first-order valence-corrected chi connectivity index (χ1v) is 7.95. The second kappa shape index (κ2) is 7.18. The first-order chi connectivity index (χ1) is 11.9. The highest BCUT2D eigenvalue weighted by Gasteiger charge is 2.34. The van der Waals surface area contributed by atoms with Crippen LogP contribution in [-0.2, 0) is 6.42 Å². The fourth-order valence-electron chi connectivity index (χ4n) is 3.06. The maximum Gasteiger partial charge on any atom is 0.387 e. The molecule has 1 amide bonds. The van der Waals surface area contributed by atoms with Gasteiger partial charge in [0.1, 0.15) is 5.75 Å². The Morgan fingerprint density at radius 2 is 2.24 bits per heavy atom. The summed E-state index contributed by atoms with van der Waals surface area (Å²) in [6.45, 7) is -0.467. The molecule has 1 aliphatic rings. The van der Waals surface area contributed by atoms with E-state index < -0.39 is 12.7 Å². The average Bonchev–Trinajstić information content (AvgIpc) is 3.13. The molecule has 2 aromatic rings. The quantitative estimate of drug-likeness (QED) is 0.864. The summed E-state index contributed by atoms with van der Waals surface area (Å²) in [5, 5.41) is 17.2. The van der Waals surface area contributed by atoms with Crippen molar-refractivity contribution in [3.05, 3.63) is 47.3 Å². The van der Waals surface area contributed by atoms with E-state index in [0.29, 0.717) is 13.0 Å². The van der Waals surface area contributed by atoms with Crippen LogP contribution < -0.4 is 4.74 Å². The summed E-state index contributed by atoms with van der Waals surface area (Å²) in [5.74, 6) is -0.504. The lowest BCUT2D eigenvalue weighted by Gasteiger charge is -2.16. The Kier molecular flexibility index (Phi) is 4.98. The average molecular weight is 351 g/mol. The zero-order valence-electron chi connectivity index (χ0n) is 13.7. The van der Waals surface area contributed by atoms with E-state index in [0.717, 1.165) is 11.4 Å². The van der Waals surface area contributed by atoms with Crippen molar-refractivity contribution in [3.8, 4) is 5.75 Å². The number of nitrogens with one attached hydrogen (secondary N) is 1. The lowest BCUT2D eigenvalue weighted by atomic mass is 10.0. The summed E-state index contributed by atoms with van der Waals surface area (Å²) in [4.78, 5) is 14.1. The molecule has 25 heavy (non-hydrogen) atoms. The Hall–Kier alpha value is -2.48. The molecule has 0 saturated carbocycles. The van der Waals surface area contributed by atoms with Gasteiger partial charge in [-0.05, 0) is 37.6 Å². The largest absolute Gasteiger partial charge is 0.435 e. The van der Waals surface area contributed by atoms with Gasteiger partial charge < -0.3 is 14.7 Å². The summed E-state index contributed by atoms with van der Waals surface area (Å²) in [6, 6.07) is 7.58. The van der Waals surface area contributed by atoms with E-state index in [1.54, 1.807) is 0 Å². The van der Waals surface area contributed by atoms with Gasteiger partial charge in [0.15, 0.2) is 0 Å². The van der Waals surface area contributed by atoms with Crippen LogP contribution in [0.3, 0.4) is 0 Å². The number of halogens is 2. The molecule has 8 heteroatoms. The number of aliphatic hydroxyl groups excluding tert-OH is 1. The Morgan fingerprint density at radius 3 is 2.92 bits per heavy atom. The number of amides is 1. The van der Waals surface area contributed by atoms with Gasteiger partial charge in [0.25, 0.3) is 5.91 Å². The summed E-state index contributed by atoms with van der Waals surface area (Å²) >= 11 is 0. The number of aryl methyl sites for hydroxylation is 1. The van der Waals surface area contributed by atoms with Crippen LogP contribution in [-0.4, -0.2) is 51.9 Å². The monoisotopic (exact) mass is 351 g/mol. The number of hydrogen-bond donors (Lipinski definition) is 2. The first kappa shape index (κ1) is 17.3. The number of benzene rings is 1. The van der Waals surface area contributed by atoms with Gasteiger partial charge >= 0.3 is 6.61 Å². The molecule has 134 valence electrons. The SMILES string of the molecule is Cc1cc(C[C@@H]2CN(C(=O)c3cccc(OC(F)F)c3)C[C@H]2O)n[nH]1. The number of carbonyl (C=O) groups excluding carboxylic acids is 1. The summed E-state index contributed by atoms with van der Waals surface area (Å²) < 4.78 is 28.9. The number of alkyl halides is 2. The molecular formula is C17H19F2N3O3. The predicted molar refractivity (Wildman–Crippen MR) is 85.5 cm³/mol. The van der Waals surface area contributed by atoms with Crippen LogP contribution in [0.15, 0.2) is 30.3 Å². The smallest absolute Gasteiger partial charge is 0.387 e. The van der Waals surface area contributed by atoms with Gasteiger partial charge in [-0.1, -0.05) is 6.07 Å². The number of aromatic amines is 1. The van der Waals surface area contributed by atoms with Gasteiger partial charge in [-0.25, -0.2) is 0 Å². The molecule has 0 aliphatic carbocycles. The Bertz CT molecular complexity index is 750. The van der Waals surface area contributed by atoms with E-state index >= 15 is 0 Å². The number of aromatic nitrogens is 2. The lowest BCUT2D eigenvalue weighted by Crippen LogP contribution is -2.29. The number of aliphatic hydroxyl groups is 1. The predicted octanol–water partition coefficient (Wildman–Crippen LogP) is 2.00. The van der Waals surface area contributed by atoms with Gasteiger partial charge in [-0.2, -0.15) is 13.9 Å². The van der Waals surface area contributed by atoms with Gasteiger partial charge in [0, 0.05) is 30.3 Å². The van der Waals surface area contributed by atoms with E-state index in [2.05, 4.69) is 14.9 Å². The normalized spacial score (nSPS) is 20.3. The second-order valence-electron chi connectivity index (χ2n) is 6.19. The van der Waals surface area contributed by atoms with E-state index in [-0.39, 0.29) is 29.7 Å². The Morgan fingerprint density at radius 1 is 1.44 bits per heavy atom. The molecule has 1 fully saturated rings. The van der Waals surface area contributed by atoms with Crippen molar-refractivity contribution in [3.63, 3.8) is 0 Å². The van der Waals surface area contributed by atoms with Crippen LogP contribution in [0.4, 0.5) is 8.78 Å². The molecule has 1 aromatic carbocycles. The number of likely N-dealkylation sites (tertiary alicyclic amines) is 1. The number of rotatable bonds is 5. The second-order valence-corrected chi connectivity index (χ2v) is 6.19. The fourth-order valence-corrected chi connectivity index (χ4v) is 3.06. The number of hydrogen-bond acceptors (Lipinski definition) is 4. The zero-order chi connectivity index (χ0) is 18.0. The van der Waals surface area contributed by atoms with Crippen molar-refractivity contribution in [2.24, 2.45) is 5.92 Å².